The zero-order chi connectivity index (χ0) is 16.7. The molecule has 2 aliphatic rings. The zero-order valence-corrected chi connectivity index (χ0v) is 18.3. The lowest BCUT2D eigenvalue weighted by atomic mass is 9.94. The second-order valence-electron chi connectivity index (χ2n) is 6.66. The van der Waals surface area contributed by atoms with Gasteiger partial charge in [-0.25, -0.2) is 4.99 Å². The Bertz CT molecular complexity index is 511. The number of nitrogens with zero attached hydrogens (tertiary/aromatic N) is 2. The third-order valence-corrected chi connectivity index (χ3v) is 6.06. The van der Waals surface area contributed by atoms with Crippen molar-refractivity contribution in [3.8, 4) is 0 Å². The lowest BCUT2D eigenvalue weighted by molar-refractivity contribution is 0.107. The van der Waals surface area contributed by atoms with E-state index >= 15 is 0 Å². The topological polar surface area (TPSA) is 52.8 Å². The summed E-state index contributed by atoms with van der Waals surface area (Å²) in [5.74, 6) is 4.34. The average Bonchev–Trinajstić information content (AvgIpc) is 3.31. The van der Waals surface area contributed by atoms with Gasteiger partial charge in [-0.1, -0.05) is 12.8 Å². The van der Waals surface area contributed by atoms with Crippen LogP contribution in [0.25, 0.3) is 0 Å². The van der Waals surface area contributed by atoms with Crippen LogP contribution in [0.3, 0.4) is 0 Å². The molecule has 25 heavy (non-hydrogen) atoms. The lowest BCUT2D eigenvalue weighted by Gasteiger charge is -2.43. The van der Waals surface area contributed by atoms with Gasteiger partial charge in [0.25, 0.3) is 0 Å². The van der Waals surface area contributed by atoms with Crippen LogP contribution in [0.2, 0.25) is 0 Å². The first-order valence-electron chi connectivity index (χ1n) is 9.20. The summed E-state index contributed by atoms with van der Waals surface area (Å²) in [5.41, 5.74) is 0.321. The van der Waals surface area contributed by atoms with E-state index in [0.29, 0.717) is 12.1 Å². The SMILES string of the molecule is CCNC(=NCc1ccco1)NCC1(N2CCSCC2)CCCC1.I. The first kappa shape index (κ1) is 20.9. The maximum absolute atomic E-state index is 5.38. The minimum atomic E-state index is 0. The highest BCUT2D eigenvalue weighted by atomic mass is 127. The van der Waals surface area contributed by atoms with Gasteiger partial charge in [0, 0.05) is 43.2 Å². The standard InChI is InChI=1S/C18H30N4OS.HI/c1-2-19-17(20-14-16-6-5-11-23-16)21-15-18(7-3-4-8-18)22-9-12-24-13-10-22;/h5-6,11H,2-4,7-10,12-15H2,1H3,(H2,19,20,21);1H. The van der Waals surface area contributed by atoms with Crippen LogP contribution in [0.15, 0.2) is 27.8 Å². The van der Waals surface area contributed by atoms with Gasteiger partial charge in [-0.2, -0.15) is 11.8 Å². The van der Waals surface area contributed by atoms with E-state index in [9.17, 15) is 0 Å². The van der Waals surface area contributed by atoms with Gasteiger partial charge >= 0.3 is 0 Å². The summed E-state index contributed by atoms with van der Waals surface area (Å²) in [6.45, 7) is 7.00. The number of aliphatic imine (C=N–C) groups is 1. The van der Waals surface area contributed by atoms with Crippen LogP contribution in [0.1, 0.15) is 38.4 Å². The van der Waals surface area contributed by atoms with Crippen molar-refractivity contribution in [1.29, 1.82) is 0 Å². The van der Waals surface area contributed by atoms with E-state index < -0.39 is 0 Å². The number of nitrogens with one attached hydrogen (secondary N) is 2. The van der Waals surface area contributed by atoms with E-state index in [2.05, 4.69) is 39.2 Å². The molecule has 2 fully saturated rings. The van der Waals surface area contributed by atoms with Gasteiger partial charge in [-0.15, -0.1) is 24.0 Å². The lowest BCUT2D eigenvalue weighted by Crippen LogP contribution is -2.57. The monoisotopic (exact) mass is 478 g/mol. The van der Waals surface area contributed by atoms with Crippen molar-refractivity contribution in [1.82, 2.24) is 15.5 Å². The highest BCUT2D eigenvalue weighted by Gasteiger charge is 2.39. The molecule has 0 radical (unpaired) electrons. The van der Waals surface area contributed by atoms with Gasteiger partial charge in [0.05, 0.1) is 6.26 Å². The molecule has 5 nitrogen and oxygen atoms in total. The van der Waals surface area contributed by atoms with Crippen LogP contribution in [-0.2, 0) is 6.54 Å². The first-order chi connectivity index (χ1) is 11.8. The van der Waals surface area contributed by atoms with E-state index in [4.69, 9.17) is 4.42 Å². The third-order valence-electron chi connectivity index (χ3n) is 5.12. The number of guanidine groups is 1. The van der Waals surface area contributed by atoms with Crippen LogP contribution in [0.4, 0.5) is 0 Å². The fraction of sp³-hybridized carbons (Fsp3) is 0.722. The highest BCUT2D eigenvalue weighted by Crippen LogP contribution is 2.36. The van der Waals surface area contributed by atoms with Gasteiger partial charge in [0.2, 0.25) is 0 Å². The molecule has 1 saturated carbocycles. The number of rotatable bonds is 6. The number of halogens is 1. The van der Waals surface area contributed by atoms with Gasteiger partial charge in [0.15, 0.2) is 5.96 Å². The van der Waals surface area contributed by atoms with E-state index in [1.807, 2.05) is 12.1 Å². The molecule has 1 aromatic rings. The molecule has 142 valence electrons. The Kier molecular flexibility index (Phi) is 8.92. The maximum Gasteiger partial charge on any atom is 0.191 e. The van der Waals surface area contributed by atoms with Crippen molar-refractivity contribution in [2.24, 2.45) is 4.99 Å². The summed E-state index contributed by atoms with van der Waals surface area (Å²) < 4.78 is 5.38. The number of thioether (sulfide) groups is 1. The normalized spacial score (nSPS) is 20.9. The molecule has 1 aromatic heterocycles. The molecule has 0 spiro atoms. The van der Waals surface area contributed by atoms with Crippen LogP contribution in [0.5, 0.6) is 0 Å². The van der Waals surface area contributed by atoms with Gasteiger partial charge in [-0.3, -0.25) is 4.90 Å². The fourth-order valence-electron chi connectivity index (χ4n) is 3.83. The second kappa shape index (κ2) is 10.7. The van der Waals surface area contributed by atoms with Crippen molar-refractivity contribution in [3.63, 3.8) is 0 Å². The van der Waals surface area contributed by atoms with Crippen molar-refractivity contribution >= 4 is 41.7 Å². The Balaban J connectivity index is 0.00000225. The number of hydrogen-bond donors (Lipinski definition) is 2. The van der Waals surface area contributed by atoms with Gasteiger partial charge < -0.3 is 15.1 Å². The predicted octanol–water partition coefficient (Wildman–Crippen LogP) is 3.31. The Labute approximate surface area is 172 Å². The summed E-state index contributed by atoms with van der Waals surface area (Å²) in [7, 11) is 0. The minimum absolute atomic E-state index is 0. The predicted molar refractivity (Wildman–Crippen MR) is 117 cm³/mol. The summed E-state index contributed by atoms with van der Waals surface area (Å²) in [6, 6.07) is 3.88. The first-order valence-corrected chi connectivity index (χ1v) is 10.4. The summed E-state index contributed by atoms with van der Waals surface area (Å²) in [5, 5.41) is 6.98. The molecule has 0 atom stereocenters. The van der Waals surface area contributed by atoms with Crippen LogP contribution < -0.4 is 10.6 Å². The molecule has 1 aliphatic heterocycles. The molecule has 1 aliphatic carbocycles. The third kappa shape index (κ3) is 5.79. The summed E-state index contributed by atoms with van der Waals surface area (Å²) in [4.78, 5) is 7.41. The Morgan fingerprint density at radius 1 is 1.28 bits per heavy atom. The van der Waals surface area contributed by atoms with Crippen LogP contribution in [0, 0.1) is 0 Å². The summed E-state index contributed by atoms with van der Waals surface area (Å²) in [6.07, 6.45) is 7.02. The smallest absolute Gasteiger partial charge is 0.191 e. The van der Waals surface area contributed by atoms with Crippen molar-refractivity contribution in [2.75, 3.05) is 37.7 Å². The molecule has 3 rings (SSSR count). The second-order valence-corrected chi connectivity index (χ2v) is 7.88. The quantitative estimate of drug-likeness (QED) is 0.373. The van der Waals surface area contributed by atoms with Crippen molar-refractivity contribution in [3.05, 3.63) is 24.2 Å². The highest BCUT2D eigenvalue weighted by molar-refractivity contribution is 14.0. The molecule has 0 aromatic carbocycles. The molecule has 0 unspecified atom stereocenters. The molecule has 2 N–H and O–H groups in total. The van der Waals surface area contributed by atoms with Crippen molar-refractivity contribution < 1.29 is 4.42 Å². The number of furan rings is 1. The Morgan fingerprint density at radius 3 is 2.68 bits per heavy atom. The molecular formula is C18H31IN4OS. The van der Waals surface area contributed by atoms with E-state index in [1.165, 1.54) is 50.3 Å². The molecule has 1 saturated heterocycles. The molecule has 0 bridgehead atoms. The van der Waals surface area contributed by atoms with Crippen LogP contribution >= 0.6 is 35.7 Å². The molecule has 7 heteroatoms. The molecule has 2 heterocycles. The molecular weight excluding hydrogens is 447 g/mol. The average molecular weight is 478 g/mol. The minimum Gasteiger partial charge on any atom is -0.467 e. The van der Waals surface area contributed by atoms with E-state index in [1.54, 1.807) is 6.26 Å². The maximum atomic E-state index is 5.38. The zero-order valence-electron chi connectivity index (χ0n) is 15.1. The molecule has 0 amide bonds. The summed E-state index contributed by atoms with van der Waals surface area (Å²) >= 11 is 2.09. The van der Waals surface area contributed by atoms with Crippen molar-refractivity contribution in [2.45, 2.75) is 44.7 Å². The van der Waals surface area contributed by atoms with Gasteiger partial charge in [-0.05, 0) is 31.9 Å². The van der Waals surface area contributed by atoms with Gasteiger partial charge in [0.1, 0.15) is 12.3 Å². The largest absolute Gasteiger partial charge is 0.467 e. The van der Waals surface area contributed by atoms with Crippen LogP contribution in [-0.4, -0.2) is 54.1 Å². The Hall–Kier alpha value is -0.410. The fourth-order valence-corrected chi connectivity index (χ4v) is 4.73. The Morgan fingerprint density at radius 2 is 2.04 bits per heavy atom. The van der Waals surface area contributed by atoms with E-state index in [-0.39, 0.29) is 24.0 Å². The number of hydrogen-bond acceptors (Lipinski definition) is 4. The van der Waals surface area contributed by atoms with E-state index in [0.717, 1.165) is 24.8 Å².